The zero-order valence-corrected chi connectivity index (χ0v) is 22.9. The van der Waals surface area contributed by atoms with Crippen LogP contribution in [0, 0.1) is 11.8 Å². The van der Waals surface area contributed by atoms with Crippen molar-refractivity contribution in [3.63, 3.8) is 0 Å². The van der Waals surface area contributed by atoms with Crippen molar-refractivity contribution in [2.45, 2.75) is 64.8 Å². The Morgan fingerprint density at radius 3 is 2.32 bits per heavy atom. The third kappa shape index (κ3) is 6.79. The Balaban J connectivity index is 1.70. The molecule has 1 aliphatic heterocycles. The van der Waals surface area contributed by atoms with Crippen LogP contribution in [0.1, 0.15) is 68.5 Å². The lowest BCUT2D eigenvalue weighted by molar-refractivity contribution is -0.151. The minimum atomic E-state index is -0.575. The van der Waals surface area contributed by atoms with Crippen LogP contribution in [0.3, 0.4) is 0 Å². The normalized spacial score (nSPS) is 20.8. The first-order chi connectivity index (χ1) is 17.9. The zero-order chi connectivity index (χ0) is 26.4. The predicted octanol–water partition coefficient (Wildman–Crippen LogP) is 5.74. The summed E-state index contributed by atoms with van der Waals surface area (Å²) < 4.78 is 10.4. The summed E-state index contributed by atoms with van der Waals surface area (Å²) in [4.78, 5) is 44.5. The SMILES string of the molecule is CCC(=O)OCOC(=O)c1sc(-c2ccccc2)cc1N(C(=O)C1CCC(C)CC1)C1CCN(C)CC1. The number of thiophene rings is 1. The number of amides is 1. The summed E-state index contributed by atoms with van der Waals surface area (Å²) in [5, 5.41) is 0. The standard InChI is InChI=1S/C29H38N2O5S/c1-4-26(32)35-19-36-29(34)27-24(18-25(37-27)21-8-6-5-7-9-21)31(23-14-16-30(3)17-15-23)28(33)22-12-10-20(2)11-13-22/h5-9,18,20,22-23H,4,10-17,19H2,1-3H3. The predicted molar refractivity (Wildman–Crippen MR) is 146 cm³/mol. The molecule has 7 nitrogen and oxygen atoms in total. The topological polar surface area (TPSA) is 76.1 Å². The summed E-state index contributed by atoms with van der Waals surface area (Å²) in [7, 11) is 2.10. The number of benzene rings is 1. The maximum Gasteiger partial charge on any atom is 0.353 e. The molecule has 1 saturated carbocycles. The molecule has 1 aromatic carbocycles. The van der Waals surface area contributed by atoms with Gasteiger partial charge in [-0.1, -0.05) is 44.2 Å². The summed E-state index contributed by atoms with van der Waals surface area (Å²) in [5.74, 6) is -0.286. The molecule has 0 atom stereocenters. The van der Waals surface area contributed by atoms with Gasteiger partial charge in [-0.15, -0.1) is 11.3 Å². The lowest BCUT2D eigenvalue weighted by Crippen LogP contribution is -2.49. The van der Waals surface area contributed by atoms with Crippen LogP contribution in [-0.2, 0) is 19.1 Å². The Bertz CT molecular complexity index is 1070. The van der Waals surface area contributed by atoms with Gasteiger partial charge in [-0.05, 0) is 76.2 Å². The molecule has 0 unspecified atom stereocenters. The fourth-order valence-corrected chi connectivity index (χ4v) is 6.27. The van der Waals surface area contributed by atoms with Crippen LogP contribution in [-0.4, -0.2) is 55.7 Å². The number of rotatable bonds is 8. The van der Waals surface area contributed by atoms with Gasteiger partial charge < -0.3 is 19.3 Å². The molecule has 0 radical (unpaired) electrons. The third-order valence-electron chi connectivity index (χ3n) is 7.57. The van der Waals surface area contributed by atoms with Gasteiger partial charge in [0.05, 0.1) is 5.69 Å². The second-order valence-electron chi connectivity index (χ2n) is 10.3. The van der Waals surface area contributed by atoms with Gasteiger partial charge in [0.2, 0.25) is 12.7 Å². The molecule has 1 aliphatic carbocycles. The number of likely N-dealkylation sites (tertiary alicyclic amines) is 1. The maximum atomic E-state index is 14.1. The molecule has 1 amide bonds. The van der Waals surface area contributed by atoms with Crippen LogP contribution < -0.4 is 4.90 Å². The van der Waals surface area contributed by atoms with Gasteiger partial charge in [0.15, 0.2) is 0 Å². The Kier molecular flexibility index (Phi) is 9.38. The second-order valence-corrected chi connectivity index (χ2v) is 11.4. The van der Waals surface area contributed by atoms with Crippen molar-refractivity contribution in [3.05, 3.63) is 41.3 Å². The summed E-state index contributed by atoms with van der Waals surface area (Å²) >= 11 is 1.32. The van der Waals surface area contributed by atoms with Crippen molar-refractivity contribution in [2.24, 2.45) is 11.8 Å². The van der Waals surface area contributed by atoms with Crippen LogP contribution in [0.15, 0.2) is 36.4 Å². The Morgan fingerprint density at radius 1 is 1.00 bits per heavy atom. The lowest BCUT2D eigenvalue weighted by atomic mass is 9.82. The molecule has 200 valence electrons. The number of esters is 2. The van der Waals surface area contributed by atoms with E-state index in [1.165, 1.54) is 11.3 Å². The van der Waals surface area contributed by atoms with Crippen molar-refractivity contribution >= 4 is 34.9 Å². The van der Waals surface area contributed by atoms with E-state index in [4.69, 9.17) is 9.47 Å². The molecule has 37 heavy (non-hydrogen) atoms. The highest BCUT2D eigenvalue weighted by atomic mass is 32.1. The van der Waals surface area contributed by atoms with E-state index >= 15 is 0 Å². The largest absolute Gasteiger partial charge is 0.428 e. The molecule has 8 heteroatoms. The number of hydrogen-bond donors (Lipinski definition) is 0. The molecule has 0 N–H and O–H groups in total. The van der Waals surface area contributed by atoms with Gasteiger partial charge in [0, 0.05) is 23.3 Å². The van der Waals surface area contributed by atoms with Crippen LogP contribution in [0.2, 0.25) is 0 Å². The first-order valence-corrected chi connectivity index (χ1v) is 14.2. The van der Waals surface area contributed by atoms with E-state index in [1.54, 1.807) is 6.92 Å². The number of anilines is 1. The lowest BCUT2D eigenvalue weighted by Gasteiger charge is -2.40. The van der Waals surface area contributed by atoms with Crippen molar-refractivity contribution in [2.75, 3.05) is 31.8 Å². The quantitative estimate of drug-likeness (QED) is 0.323. The molecule has 2 heterocycles. The Hall–Kier alpha value is -2.71. The average Bonchev–Trinajstić information content (AvgIpc) is 3.35. The van der Waals surface area contributed by atoms with E-state index in [0.29, 0.717) is 16.5 Å². The summed E-state index contributed by atoms with van der Waals surface area (Å²) in [6.45, 7) is 5.30. The molecule has 2 fully saturated rings. The third-order valence-corrected chi connectivity index (χ3v) is 8.72. The number of carbonyl (C=O) groups is 3. The van der Waals surface area contributed by atoms with Crippen LogP contribution in [0.5, 0.6) is 0 Å². The highest BCUT2D eigenvalue weighted by molar-refractivity contribution is 7.18. The van der Waals surface area contributed by atoms with Gasteiger partial charge in [0.1, 0.15) is 4.88 Å². The van der Waals surface area contributed by atoms with E-state index in [9.17, 15) is 14.4 Å². The summed E-state index contributed by atoms with van der Waals surface area (Å²) in [5.41, 5.74) is 1.60. The average molecular weight is 527 g/mol. The van der Waals surface area contributed by atoms with Crippen molar-refractivity contribution in [3.8, 4) is 10.4 Å². The van der Waals surface area contributed by atoms with E-state index in [2.05, 4.69) is 18.9 Å². The van der Waals surface area contributed by atoms with Gasteiger partial charge in [-0.2, -0.15) is 0 Å². The molecule has 1 saturated heterocycles. The van der Waals surface area contributed by atoms with Gasteiger partial charge in [-0.25, -0.2) is 4.79 Å². The van der Waals surface area contributed by atoms with Crippen molar-refractivity contribution in [1.29, 1.82) is 0 Å². The monoisotopic (exact) mass is 526 g/mol. The molecule has 2 aliphatic rings. The fraction of sp³-hybridized carbons (Fsp3) is 0.552. The number of piperidine rings is 1. The molecular weight excluding hydrogens is 488 g/mol. The highest BCUT2D eigenvalue weighted by Crippen LogP contribution is 2.41. The number of nitrogens with zero attached hydrogens (tertiary/aromatic N) is 2. The molecule has 4 rings (SSSR count). The second kappa shape index (κ2) is 12.7. The van der Waals surface area contributed by atoms with E-state index in [0.717, 1.165) is 62.1 Å². The summed E-state index contributed by atoms with van der Waals surface area (Å²) in [6.07, 6.45) is 5.77. The zero-order valence-electron chi connectivity index (χ0n) is 22.1. The summed E-state index contributed by atoms with van der Waals surface area (Å²) in [6, 6.07) is 11.9. The fourth-order valence-electron chi connectivity index (χ4n) is 5.22. The first kappa shape index (κ1) is 27.3. The van der Waals surface area contributed by atoms with Gasteiger partial charge in [-0.3, -0.25) is 9.59 Å². The van der Waals surface area contributed by atoms with Crippen LogP contribution in [0.25, 0.3) is 10.4 Å². The molecule has 0 spiro atoms. The minimum Gasteiger partial charge on any atom is -0.428 e. The van der Waals surface area contributed by atoms with E-state index in [-0.39, 0.29) is 24.3 Å². The van der Waals surface area contributed by atoms with Gasteiger partial charge in [0.25, 0.3) is 0 Å². The molecular formula is C29H38N2O5S. The molecule has 1 aromatic heterocycles. The van der Waals surface area contributed by atoms with E-state index < -0.39 is 18.7 Å². The number of hydrogen-bond acceptors (Lipinski definition) is 7. The van der Waals surface area contributed by atoms with Crippen LogP contribution in [0.4, 0.5) is 5.69 Å². The van der Waals surface area contributed by atoms with Crippen LogP contribution >= 0.6 is 11.3 Å². The van der Waals surface area contributed by atoms with Gasteiger partial charge >= 0.3 is 11.9 Å². The highest BCUT2D eigenvalue weighted by Gasteiger charge is 2.37. The Labute approximate surface area is 223 Å². The first-order valence-electron chi connectivity index (χ1n) is 13.4. The Morgan fingerprint density at radius 2 is 1.68 bits per heavy atom. The van der Waals surface area contributed by atoms with Crippen molar-refractivity contribution < 1.29 is 23.9 Å². The molecule has 2 aromatic rings. The number of carbonyl (C=O) groups excluding carboxylic acids is 3. The molecule has 0 bridgehead atoms. The van der Waals surface area contributed by atoms with Crippen molar-refractivity contribution in [1.82, 2.24) is 4.90 Å². The smallest absolute Gasteiger partial charge is 0.353 e. The minimum absolute atomic E-state index is 0.0192. The maximum absolute atomic E-state index is 14.1. The van der Waals surface area contributed by atoms with E-state index in [1.807, 2.05) is 41.3 Å². The number of ether oxygens (including phenoxy) is 2.